The average molecular weight is 646 g/mol. The second kappa shape index (κ2) is 14.1. The molecule has 0 radical (unpaired) electrons. The van der Waals surface area contributed by atoms with Crippen molar-refractivity contribution in [1.29, 1.82) is 0 Å². The van der Waals surface area contributed by atoms with Gasteiger partial charge in [-0.3, -0.25) is 34.3 Å². The fraction of sp³-hybridized carbons (Fsp3) is 0.231. The van der Waals surface area contributed by atoms with Gasteiger partial charge in [0.05, 0.1) is 11.1 Å². The zero-order valence-electron chi connectivity index (χ0n) is 26.9. The number of benzene rings is 4. The lowest BCUT2D eigenvalue weighted by Gasteiger charge is -2.27. The Morgan fingerprint density at radius 3 is 2.17 bits per heavy atom. The first kappa shape index (κ1) is 32.5. The maximum absolute atomic E-state index is 15.2. The number of nitrogens with one attached hydrogen (secondary N) is 1. The Morgan fingerprint density at radius 2 is 1.52 bits per heavy atom. The number of ether oxygens (including phenoxy) is 1. The van der Waals surface area contributed by atoms with E-state index in [0.717, 1.165) is 28.2 Å². The molecule has 1 unspecified atom stereocenters. The van der Waals surface area contributed by atoms with E-state index in [1.165, 1.54) is 28.8 Å². The molecule has 2 aliphatic rings. The lowest BCUT2D eigenvalue weighted by molar-refractivity contribution is -0.136. The third kappa shape index (κ3) is 6.68. The van der Waals surface area contributed by atoms with E-state index >= 15 is 4.39 Å². The summed E-state index contributed by atoms with van der Waals surface area (Å²) in [5.41, 5.74) is 5.95. The molecule has 4 aromatic rings. The first-order valence-electron chi connectivity index (χ1n) is 16.0. The van der Waals surface area contributed by atoms with Crippen molar-refractivity contribution in [2.45, 2.75) is 38.8 Å². The molecule has 1 N–H and O–H groups in total. The minimum absolute atomic E-state index is 0.00558. The van der Waals surface area contributed by atoms with Crippen LogP contribution in [0.5, 0.6) is 5.75 Å². The molecule has 9 heteroatoms. The van der Waals surface area contributed by atoms with Gasteiger partial charge >= 0.3 is 0 Å². The fourth-order valence-corrected chi connectivity index (χ4v) is 6.41. The van der Waals surface area contributed by atoms with Crippen LogP contribution in [0.15, 0.2) is 97.1 Å². The Bertz CT molecular complexity index is 1890. The van der Waals surface area contributed by atoms with Crippen LogP contribution in [0.3, 0.4) is 0 Å². The summed E-state index contributed by atoms with van der Waals surface area (Å²) in [6.45, 7) is 3.36. The predicted octanol–water partition coefficient (Wildman–Crippen LogP) is 6.11. The number of halogens is 1. The zero-order chi connectivity index (χ0) is 33.8. The monoisotopic (exact) mass is 645 g/mol. The number of hydrogen-bond acceptors (Lipinski definition) is 6. The first-order chi connectivity index (χ1) is 23.2. The molecule has 2 aliphatic heterocycles. The smallest absolute Gasteiger partial charge is 0.265 e. The van der Waals surface area contributed by atoms with Crippen LogP contribution in [0.4, 0.5) is 4.39 Å². The molecule has 1 fully saturated rings. The van der Waals surface area contributed by atoms with E-state index in [4.69, 9.17) is 4.74 Å². The lowest BCUT2D eigenvalue weighted by atomic mass is 9.88. The first-order valence-corrected chi connectivity index (χ1v) is 16.0. The molecular weight excluding hydrogens is 609 g/mol. The normalized spacial score (nSPS) is 16.6. The summed E-state index contributed by atoms with van der Waals surface area (Å²) in [6, 6.07) is 30.4. The third-order valence-electron chi connectivity index (χ3n) is 8.73. The molecule has 48 heavy (non-hydrogen) atoms. The van der Waals surface area contributed by atoms with E-state index in [9.17, 15) is 19.2 Å². The number of rotatable bonds is 11. The molecule has 4 amide bonds. The lowest BCUT2D eigenvalue weighted by Crippen LogP contribution is -2.54. The number of imide groups is 2. The summed E-state index contributed by atoms with van der Waals surface area (Å²) < 4.78 is 21.2. The van der Waals surface area contributed by atoms with Crippen LogP contribution in [-0.2, 0) is 16.1 Å². The van der Waals surface area contributed by atoms with Crippen LogP contribution in [0.25, 0.3) is 11.1 Å². The predicted molar refractivity (Wildman–Crippen MR) is 180 cm³/mol. The van der Waals surface area contributed by atoms with E-state index in [1.54, 1.807) is 0 Å². The number of piperidine rings is 1. The average Bonchev–Trinajstić information content (AvgIpc) is 3.33. The molecule has 1 saturated heterocycles. The highest BCUT2D eigenvalue weighted by atomic mass is 19.1. The molecule has 0 aliphatic carbocycles. The summed E-state index contributed by atoms with van der Waals surface area (Å²) in [7, 11) is 1.85. The molecule has 1 atom stereocenters. The summed E-state index contributed by atoms with van der Waals surface area (Å²) in [4.78, 5) is 52.7. The number of carbonyl (C=O) groups excluding carboxylic acids is 4. The SMILES string of the molecule is CCC(=C(c1ccccc1)c1ccc(OCCN(C)Cc2cc(F)c3c(c2)C(=O)N(C2CCC(=O)NC2=O)C3=O)cc1)c1ccccc1. The Balaban J connectivity index is 1.10. The summed E-state index contributed by atoms with van der Waals surface area (Å²) >= 11 is 0. The zero-order valence-corrected chi connectivity index (χ0v) is 26.9. The number of hydrogen-bond donors (Lipinski definition) is 1. The van der Waals surface area contributed by atoms with Crippen molar-refractivity contribution in [3.63, 3.8) is 0 Å². The van der Waals surface area contributed by atoms with Gasteiger partial charge in [-0.1, -0.05) is 79.7 Å². The number of carbonyl (C=O) groups is 4. The van der Waals surface area contributed by atoms with Crippen LogP contribution < -0.4 is 10.1 Å². The van der Waals surface area contributed by atoms with E-state index < -0.39 is 35.5 Å². The largest absolute Gasteiger partial charge is 0.492 e. The maximum atomic E-state index is 15.2. The van der Waals surface area contributed by atoms with Crippen molar-refractivity contribution in [1.82, 2.24) is 15.1 Å². The molecular formula is C39H36FN3O5. The highest BCUT2D eigenvalue weighted by Gasteiger charge is 2.46. The summed E-state index contributed by atoms with van der Waals surface area (Å²) in [5, 5.41) is 2.15. The van der Waals surface area contributed by atoms with Crippen molar-refractivity contribution in [2.24, 2.45) is 0 Å². The van der Waals surface area contributed by atoms with E-state index in [1.807, 2.05) is 48.3 Å². The van der Waals surface area contributed by atoms with Gasteiger partial charge in [0.15, 0.2) is 0 Å². The molecule has 0 saturated carbocycles. The maximum Gasteiger partial charge on any atom is 0.265 e. The van der Waals surface area contributed by atoms with Crippen LogP contribution in [-0.4, -0.2) is 59.7 Å². The molecule has 8 nitrogen and oxygen atoms in total. The second-order valence-electron chi connectivity index (χ2n) is 12.0. The van der Waals surface area contributed by atoms with Gasteiger partial charge in [0.25, 0.3) is 11.8 Å². The second-order valence-corrected chi connectivity index (χ2v) is 12.0. The Hall–Kier alpha value is -5.41. The van der Waals surface area contributed by atoms with E-state index in [0.29, 0.717) is 25.3 Å². The van der Waals surface area contributed by atoms with E-state index in [-0.39, 0.29) is 24.0 Å². The molecule has 0 bridgehead atoms. The van der Waals surface area contributed by atoms with Gasteiger partial charge in [0.1, 0.15) is 24.2 Å². The topological polar surface area (TPSA) is 96.0 Å². The van der Waals surface area contributed by atoms with Crippen molar-refractivity contribution in [3.8, 4) is 5.75 Å². The van der Waals surface area contributed by atoms with Crippen LogP contribution >= 0.6 is 0 Å². The number of nitrogens with zero attached hydrogens (tertiary/aromatic N) is 2. The van der Waals surface area contributed by atoms with Gasteiger partial charge in [-0.15, -0.1) is 0 Å². The van der Waals surface area contributed by atoms with Crippen LogP contribution in [0.2, 0.25) is 0 Å². The fourth-order valence-electron chi connectivity index (χ4n) is 6.41. The highest BCUT2D eigenvalue weighted by Crippen LogP contribution is 2.35. The van der Waals surface area contributed by atoms with Gasteiger partial charge in [-0.05, 0) is 77.6 Å². The van der Waals surface area contributed by atoms with Crippen LogP contribution in [0.1, 0.15) is 69.2 Å². The van der Waals surface area contributed by atoms with Gasteiger partial charge in [-0.25, -0.2) is 4.39 Å². The number of likely N-dealkylation sites (N-methyl/N-ethyl adjacent to an activating group) is 1. The standard InChI is InChI=1S/C39H36FN3O5/c1-3-30(26-10-6-4-7-11-26)35(27-12-8-5-9-13-27)28-14-16-29(17-15-28)48-21-20-42(2)24-25-22-31-36(32(40)23-25)39(47)43(38(31)46)33-18-19-34(44)41-37(33)45/h4-17,22-23,33H,3,18-21,24H2,1-2H3,(H,41,44,45). The van der Waals surface area contributed by atoms with Gasteiger partial charge < -0.3 is 4.74 Å². The Morgan fingerprint density at radius 1 is 0.875 bits per heavy atom. The van der Waals surface area contributed by atoms with Gasteiger partial charge in [0.2, 0.25) is 11.8 Å². The van der Waals surface area contributed by atoms with Gasteiger partial charge in [-0.2, -0.15) is 0 Å². The summed E-state index contributed by atoms with van der Waals surface area (Å²) in [5.74, 6) is -2.90. The van der Waals surface area contributed by atoms with E-state index in [2.05, 4.69) is 60.8 Å². The summed E-state index contributed by atoms with van der Waals surface area (Å²) in [6.07, 6.45) is 0.873. The Kier molecular flexibility index (Phi) is 9.59. The Labute approximate surface area is 278 Å². The van der Waals surface area contributed by atoms with Crippen molar-refractivity contribution in [2.75, 3.05) is 20.2 Å². The molecule has 244 valence electrons. The quantitative estimate of drug-likeness (QED) is 0.156. The molecule has 0 aromatic heterocycles. The minimum atomic E-state index is -1.15. The number of fused-ring (bicyclic) bond motifs is 1. The van der Waals surface area contributed by atoms with Crippen molar-refractivity contribution >= 4 is 34.8 Å². The minimum Gasteiger partial charge on any atom is -0.492 e. The van der Waals surface area contributed by atoms with Crippen molar-refractivity contribution in [3.05, 3.63) is 136 Å². The third-order valence-corrected chi connectivity index (χ3v) is 8.73. The van der Waals surface area contributed by atoms with Crippen molar-refractivity contribution < 1.29 is 28.3 Å². The number of amides is 4. The highest BCUT2D eigenvalue weighted by molar-refractivity contribution is 6.23. The molecule has 4 aromatic carbocycles. The van der Waals surface area contributed by atoms with Crippen LogP contribution in [0, 0.1) is 5.82 Å². The van der Waals surface area contributed by atoms with Gasteiger partial charge in [0, 0.05) is 19.5 Å². The molecule has 2 heterocycles. The molecule has 0 spiro atoms. The number of allylic oxidation sites excluding steroid dienone is 1. The molecule has 6 rings (SSSR count).